The summed E-state index contributed by atoms with van der Waals surface area (Å²) in [7, 11) is 0. The van der Waals surface area contributed by atoms with Crippen molar-refractivity contribution < 1.29 is 50.2 Å². The van der Waals surface area contributed by atoms with E-state index < -0.39 is 0 Å². The van der Waals surface area contributed by atoms with Crippen LogP contribution in [0.1, 0.15) is 0 Å². The zero-order valence-corrected chi connectivity index (χ0v) is 10.6. The normalized spacial score (nSPS) is 0. The molecule has 0 amide bonds. The van der Waals surface area contributed by atoms with E-state index in [0.717, 1.165) is 0 Å². The molecule has 0 fully saturated rings. The van der Waals surface area contributed by atoms with E-state index in [-0.39, 0.29) is 76.4 Å². The summed E-state index contributed by atoms with van der Waals surface area (Å²) in [6, 6.07) is 0. The molecule has 10 valence electrons. The Labute approximate surface area is 75.4 Å². The monoisotopic (exact) mass is 499 g/mol. The predicted octanol–water partition coefficient (Wildman–Crippen LogP) is -0.505. The number of hydrogen-bond acceptors (Lipinski definition) is 0. The van der Waals surface area contributed by atoms with Gasteiger partial charge >= 0.3 is 71.0 Å². The van der Waals surface area contributed by atoms with Gasteiger partial charge in [-0.2, -0.15) is 0 Å². The van der Waals surface area contributed by atoms with Gasteiger partial charge in [-0.05, 0) is 0 Å². The fraction of sp³-hybridized carbons (Fsp3) is 0. The topological polar surface area (TPSA) is 28.5 Å². The molecule has 0 rings (SSSR count). The Kier molecular flexibility index (Phi) is 153. The molecule has 0 bridgehead atoms. The van der Waals surface area contributed by atoms with Crippen molar-refractivity contribution in [3.8, 4) is 0 Å². The van der Waals surface area contributed by atoms with E-state index >= 15 is 0 Å². The first-order valence-electron chi connectivity index (χ1n) is 0. The Hall–Kier alpha value is 2.32. The molecule has 0 aromatic rings. The van der Waals surface area contributed by atoms with E-state index in [1.54, 1.807) is 0 Å². The molecule has 0 atom stereocenters. The SMILES string of the molecule is [Bi+3].[Nb+5].[O-2].[Ta+5]. The van der Waals surface area contributed by atoms with Crippen molar-refractivity contribution in [2.75, 3.05) is 0 Å². The van der Waals surface area contributed by atoms with Crippen LogP contribution in [0.15, 0.2) is 0 Å². The molecule has 0 aromatic heterocycles. The zero-order valence-electron chi connectivity index (χ0n) is 1.75. The van der Waals surface area contributed by atoms with Crippen LogP contribution in [0.25, 0.3) is 0 Å². The quantitative estimate of drug-likeness (QED) is 0.403. The Morgan fingerprint density at radius 2 is 1.00 bits per heavy atom. The molecule has 0 unspecified atom stereocenters. The Balaban J connectivity index is 0. The summed E-state index contributed by atoms with van der Waals surface area (Å²) in [6.45, 7) is 0. The first-order valence-corrected chi connectivity index (χ1v) is 0. The minimum absolute atomic E-state index is 0. The second-order valence-corrected chi connectivity index (χ2v) is 0. The van der Waals surface area contributed by atoms with Gasteiger partial charge in [-0.1, -0.05) is 0 Å². The van der Waals surface area contributed by atoms with E-state index in [1.165, 1.54) is 0 Å². The first-order chi connectivity index (χ1) is 0. The van der Waals surface area contributed by atoms with Gasteiger partial charge in [0.2, 0.25) is 0 Å². The molecule has 0 aromatic carbocycles. The average Bonchev–Trinajstić information content (AvgIpc) is 0. The van der Waals surface area contributed by atoms with Crippen LogP contribution in [0, 0.1) is 0 Å². The van der Waals surface area contributed by atoms with Gasteiger partial charge in [-0.3, -0.25) is 0 Å². The second kappa shape index (κ2) is 18.4. The molecule has 0 spiro atoms. The third-order valence-electron chi connectivity index (χ3n) is 0. The van der Waals surface area contributed by atoms with Crippen molar-refractivity contribution in [1.82, 2.24) is 0 Å². The van der Waals surface area contributed by atoms with Crippen LogP contribution in [0.2, 0.25) is 0 Å². The molecular weight excluding hydrogens is 499 g/mol. The predicted molar refractivity (Wildman–Crippen MR) is 6.44 cm³/mol. The maximum Gasteiger partial charge on any atom is 5.00 e. The molecule has 0 saturated heterocycles. The van der Waals surface area contributed by atoms with Crippen LogP contribution in [0.3, 0.4) is 0 Å². The van der Waals surface area contributed by atoms with E-state index in [9.17, 15) is 0 Å². The van der Waals surface area contributed by atoms with Gasteiger partial charge in [-0.25, -0.2) is 0 Å². The van der Waals surface area contributed by atoms with Crippen LogP contribution >= 0.6 is 0 Å². The summed E-state index contributed by atoms with van der Waals surface area (Å²) in [4.78, 5) is 0. The van der Waals surface area contributed by atoms with Gasteiger partial charge in [0.1, 0.15) is 0 Å². The molecule has 1 nitrogen and oxygen atoms in total. The summed E-state index contributed by atoms with van der Waals surface area (Å²) in [5.41, 5.74) is 0. The molecule has 4 heavy (non-hydrogen) atoms. The number of rotatable bonds is 0. The smallest absolute Gasteiger partial charge is 2.00 e. The van der Waals surface area contributed by atoms with Crippen molar-refractivity contribution in [2.24, 2.45) is 0 Å². The van der Waals surface area contributed by atoms with E-state index in [0.29, 0.717) is 0 Å². The van der Waals surface area contributed by atoms with Gasteiger partial charge in [0.15, 0.2) is 0 Å². The fourth-order valence-electron chi connectivity index (χ4n) is 0. The zero-order chi connectivity index (χ0) is 0. The standard InChI is InChI=1S/Bi.Nb.O.Ta/q+3;+5;-2;+5. The molecule has 4 heteroatoms. The summed E-state index contributed by atoms with van der Waals surface area (Å²) in [6.07, 6.45) is 0. The first kappa shape index (κ1) is 33.2. The van der Waals surface area contributed by atoms with Gasteiger partial charge in [0.05, 0.1) is 0 Å². The molecule has 0 aliphatic carbocycles. The van der Waals surface area contributed by atoms with Gasteiger partial charge in [0.25, 0.3) is 0 Å². The minimum atomic E-state index is 0. The van der Waals surface area contributed by atoms with Crippen LogP contribution in [0.5, 0.6) is 0 Å². The van der Waals surface area contributed by atoms with E-state index in [2.05, 4.69) is 0 Å². The van der Waals surface area contributed by atoms with Crippen LogP contribution < -0.4 is 0 Å². The molecule has 0 N–H and O–H groups in total. The largest absolute Gasteiger partial charge is 5.00 e. The maximum atomic E-state index is 0. The second-order valence-electron chi connectivity index (χ2n) is 0. The van der Waals surface area contributed by atoms with Crippen LogP contribution in [0.4, 0.5) is 0 Å². The minimum Gasteiger partial charge on any atom is -2.00 e. The average molecular weight is 499 g/mol. The molecule has 2 radical (unpaired) electrons. The van der Waals surface area contributed by atoms with Crippen LogP contribution in [-0.2, 0) is 50.2 Å². The Morgan fingerprint density at radius 1 is 1.00 bits per heavy atom. The van der Waals surface area contributed by atoms with E-state index in [1.807, 2.05) is 0 Å². The van der Waals surface area contributed by atoms with Gasteiger partial charge < -0.3 is 5.48 Å². The van der Waals surface area contributed by atoms with Gasteiger partial charge in [-0.15, -0.1) is 0 Å². The van der Waals surface area contributed by atoms with Gasteiger partial charge in [0, 0.05) is 0 Å². The summed E-state index contributed by atoms with van der Waals surface area (Å²) in [5, 5.41) is 0. The fourth-order valence-corrected chi connectivity index (χ4v) is 0. The van der Waals surface area contributed by atoms with Crippen LogP contribution in [-0.4, -0.2) is 26.2 Å². The molecule has 0 aliphatic rings. The van der Waals surface area contributed by atoms with Crippen molar-refractivity contribution in [3.05, 3.63) is 0 Å². The maximum absolute atomic E-state index is 0. The summed E-state index contributed by atoms with van der Waals surface area (Å²) < 4.78 is 0. The molecule has 0 saturated carbocycles. The number of hydrogen-bond donors (Lipinski definition) is 0. The molecule has 0 heterocycles. The van der Waals surface area contributed by atoms with Crippen molar-refractivity contribution in [3.63, 3.8) is 0 Å². The third-order valence-corrected chi connectivity index (χ3v) is 0. The summed E-state index contributed by atoms with van der Waals surface area (Å²) in [5.74, 6) is 0. The Morgan fingerprint density at radius 3 is 1.00 bits per heavy atom. The van der Waals surface area contributed by atoms with Crippen molar-refractivity contribution >= 4 is 26.2 Å². The third kappa shape index (κ3) is 8.85. The Bertz CT molecular complexity index is 8.00. The molecular formula is BiNbOTa+11. The summed E-state index contributed by atoms with van der Waals surface area (Å²) >= 11 is 0. The van der Waals surface area contributed by atoms with Crippen molar-refractivity contribution in [2.45, 2.75) is 0 Å². The van der Waals surface area contributed by atoms with E-state index in [4.69, 9.17) is 0 Å². The van der Waals surface area contributed by atoms with Crippen molar-refractivity contribution in [1.29, 1.82) is 0 Å². The molecule has 0 aliphatic heterocycles.